The molecule has 2 heterocycles. The fraction of sp³-hybridized carbons (Fsp3) is 0.296. The van der Waals surface area contributed by atoms with E-state index in [4.69, 9.17) is 0 Å². The Morgan fingerprint density at radius 2 is 1.63 bits per heavy atom. The summed E-state index contributed by atoms with van der Waals surface area (Å²) < 4.78 is 0. The molecule has 0 spiro atoms. The number of aryl methyl sites for hydroxylation is 2. The molecular formula is C27H28N4O3S. The third-order valence-electron chi connectivity index (χ3n) is 5.85. The number of hydrogen-bond donors (Lipinski definition) is 0. The van der Waals surface area contributed by atoms with Crippen molar-refractivity contribution < 1.29 is 14.4 Å². The van der Waals surface area contributed by atoms with E-state index >= 15 is 0 Å². The Kier molecular flexibility index (Phi) is 7.60. The molecule has 35 heavy (non-hydrogen) atoms. The first-order valence-electron chi connectivity index (χ1n) is 11.6. The summed E-state index contributed by atoms with van der Waals surface area (Å²) in [6.45, 7) is 5.95. The molecule has 0 radical (unpaired) electrons. The Hall–Kier alpha value is -3.52. The maximum absolute atomic E-state index is 13.9. The van der Waals surface area contributed by atoms with Crippen LogP contribution in [0.15, 0.2) is 71.9 Å². The Morgan fingerprint density at radius 3 is 2.23 bits per heavy atom. The van der Waals surface area contributed by atoms with Gasteiger partial charge in [-0.1, -0.05) is 67.2 Å². The molecule has 1 aliphatic heterocycles. The highest BCUT2D eigenvalue weighted by atomic mass is 32.2. The van der Waals surface area contributed by atoms with Crippen LogP contribution in [0.5, 0.6) is 0 Å². The number of imide groups is 1. The van der Waals surface area contributed by atoms with Crippen LogP contribution in [0.3, 0.4) is 0 Å². The van der Waals surface area contributed by atoms with E-state index in [1.807, 2.05) is 63.2 Å². The second kappa shape index (κ2) is 10.8. The summed E-state index contributed by atoms with van der Waals surface area (Å²) in [4.78, 5) is 52.0. The SMILES string of the molecule is CCC(Sc1nc(C)cc(C)n1)C(=O)N(Cc1ccccc1)C1CC(=O)N(c2ccccc2)C1=O. The van der Waals surface area contributed by atoms with Crippen LogP contribution in [0.25, 0.3) is 0 Å². The van der Waals surface area contributed by atoms with E-state index in [0.717, 1.165) is 17.0 Å². The molecule has 7 nitrogen and oxygen atoms in total. The molecule has 1 saturated heterocycles. The highest BCUT2D eigenvalue weighted by molar-refractivity contribution is 8.00. The van der Waals surface area contributed by atoms with Crippen LogP contribution in [-0.4, -0.2) is 43.9 Å². The van der Waals surface area contributed by atoms with E-state index in [-0.39, 0.29) is 30.7 Å². The molecule has 2 atom stereocenters. The summed E-state index contributed by atoms with van der Waals surface area (Å²) in [5.74, 6) is -0.895. The standard InChI is InChI=1S/C27H28N4O3S/c1-4-23(35-27-28-18(2)15-19(3)29-27)26(34)30(17-20-11-7-5-8-12-20)22-16-24(32)31(25(22)33)21-13-9-6-10-14-21/h5-15,22-23H,4,16-17H2,1-3H3. The number of carbonyl (C=O) groups is 3. The minimum atomic E-state index is -0.870. The van der Waals surface area contributed by atoms with Gasteiger partial charge in [0.1, 0.15) is 6.04 Å². The average molecular weight is 489 g/mol. The second-order valence-corrected chi connectivity index (χ2v) is 9.69. The van der Waals surface area contributed by atoms with Crippen LogP contribution in [0.4, 0.5) is 5.69 Å². The molecule has 3 amide bonds. The summed E-state index contributed by atoms with van der Waals surface area (Å²) in [6.07, 6.45) is 0.482. The molecule has 0 saturated carbocycles. The number of amides is 3. The van der Waals surface area contributed by atoms with E-state index in [1.165, 1.54) is 16.7 Å². The zero-order valence-corrected chi connectivity index (χ0v) is 20.9. The Labute approximate surface area is 209 Å². The lowest BCUT2D eigenvalue weighted by Crippen LogP contribution is -2.48. The van der Waals surface area contributed by atoms with Crippen molar-refractivity contribution in [1.82, 2.24) is 14.9 Å². The predicted molar refractivity (Wildman–Crippen MR) is 136 cm³/mol. The molecule has 4 rings (SSSR count). The van der Waals surface area contributed by atoms with Crippen molar-refractivity contribution in [3.8, 4) is 0 Å². The lowest BCUT2D eigenvalue weighted by atomic mass is 10.1. The van der Waals surface area contributed by atoms with Gasteiger partial charge in [-0.25, -0.2) is 14.9 Å². The number of aromatic nitrogens is 2. The van der Waals surface area contributed by atoms with Gasteiger partial charge in [-0.2, -0.15) is 0 Å². The Bertz CT molecular complexity index is 1200. The van der Waals surface area contributed by atoms with Crippen LogP contribution in [0.2, 0.25) is 0 Å². The number of hydrogen-bond acceptors (Lipinski definition) is 6. The monoisotopic (exact) mass is 488 g/mol. The van der Waals surface area contributed by atoms with Crippen molar-refractivity contribution in [2.45, 2.75) is 56.6 Å². The summed E-state index contributed by atoms with van der Waals surface area (Å²) >= 11 is 1.30. The molecule has 0 N–H and O–H groups in total. The van der Waals surface area contributed by atoms with Gasteiger partial charge in [-0.05, 0) is 44.0 Å². The van der Waals surface area contributed by atoms with E-state index < -0.39 is 11.3 Å². The molecule has 1 aromatic heterocycles. The van der Waals surface area contributed by atoms with E-state index in [1.54, 1.807) is 29.2 Å². The van der Waals surface area contributed by atoms with Gasteiger partial charge in [0.25, 0.3) is 5.91 Å². The predicted octanol–water partition coefficient (Wildman–Crippen LogP) is 4.33. The average Bonchev–Trinajstić information content (AvgIpc) is 3.14. The maximum Gasteiger partial charge on any atom is 0.257 e. The molecule has 2 unspecified atom stereocenters. The van der Waals surface area contributed by atoms with Gasteiger partial charge in [0, 0.05) is 17.9 Å². The third-order valence-corrected chi connectivity index (χ3v) is 7.06. The third kappa shape index (κ3) is 5.59. The molecule has 1 aliphatic rings. The molecule has 1 fully saturated rings. The molecule has 180 valence electrons. The number of benzene rings is 2. The molecular weight excluding hydrogens is 460 g/mol. The van der Waals surface area contributed by atoms with Crippen LogP contribution in [0, 0.1) is 13.8 Å². The van der Waals surface area contributed by atoms with E-state index in [9.17, 15) is 14.4 Å². The van der Waals surface area contributed by atoms with Crippen molar-refractivity contribution in [3.63, 3.8) is 0 Å². The van der Waals surface area contributed by atoms with Gasteiger partial charge in [0.05, 0.1) is 17.4 Å². The topological polar surface area (TPSA) is 83.5 Å². The second-order valence-electron chi connectivity index (χ2n) is 8.52. The molecule has 0 aliphatic carbocycles. The van der Waals surface area contributed by atoms with Gasteiger partial charge in [0.2, 0.25) is 11.8 Å². The van der Waals surface area contributed by atoms with Crippen LogP contribution in [0.1, 0.15) is 36.7 Å². The maximum atomic E-state index is 13.9. The minimum Gasteiger partial charge on any atom is -0.325 e. The van der Waals surface area contributed by atoms with Crippen molar-refractivity contribution in [3.05, 3.63) is 83.7 Å². The van der Waals surface area contributed by atoms with Gasteiger partial charge in [-0.15, -0.1) is 0 Å². The molecule has 2 aromatic carbocycles. The summed E-state index contributed by atoms with van der Waals surface area (Å²) in [5, 5.41) is 0.0377. The van der Waals surface area contributed by atoms with Crippen molar-refractivity contribution in [2.24, 2.45) is 0 Å². The first-order chi connectivity index (χ1) is 16.9. The quantitative estimate of drug-likeness (QED) is 0.267. The van der Waals surface area contributed by atoms with Gasteiger partial charge < -0.3 is 4.90 Å². The smallest absolute Gasteiger partial charge is 0.257 e. The van der Waals surface area contributed by atoms with Gasteiger partial charge in [-0.3, -0.25) is 14.4 Å². The number of anilines is 1. The lowest BCUT2D eigenvalue weighted by molar-refractivity contribution is -0.138. The summed E-state index contributed by atoms with van der Waals surface area (Å²) in [6, 6.07) is 19.4. The number of carbonyl (C=O) groups excluding carboxylic acids is 3. The van der Waals surface area contributed by atoms with Gasteiger partial charge >= 0.3 is 0 Å². The minimum absolute atomic E-state index is 0.0482. The zero-order chi connectivity index (χ0) is 24.9. The Morgan fingerprint density at radius 1 is 1.03 bits per heavy atom. The summed E-state index contributed by atoms with van der Waals surface area (Å²) in [7, 11) is 0. The number of thioether (sulfide) groups is 1. The van der Waals surface area contributed by atoms with Gasteiger partial charge in [0.15, 0.2) is 5.16 Å². The first-order valence-corrected chi connectivity index (χ1v) is 12.5. The first kappa shape index (κ1) is 24.6. The van der Waals surface area contributed by atoms with E-state index in [0.29, 0.717) is 17.3 Å². The highest BCUT2D eigenvalue weighted by Gasteiger charge is 2.45. The van der Waals surface area contributed by atoms with Crippen molar-refractivity contribution in [1.29, 1.82) is 0 Å². The molecule has 0 bridgehead atoms. The normalized spacial score (nSPS) is 16.4. The molecule has 3 aromatic rings. The molecule has 8 heteroatoms. The van der Waals surface area contributed by atoms with E-state index in [2.05, 4.69) is 9.97 Å². The number of rotatable bonds is 8. The van der Waals surface area contributed by atoms with Crippen molar-refractivity contribution >= 4 is 35.2 Å². The lowest BCUT2D eigenvalue weighted by Gasteiger charge is -2.30. The zero-order valence-electron chi connectivity index (χ0n) is 20.0. The fourth-order valence-corrected chi connectivity index (χ4v) is 5.25. The summed E-state index contributed by atoms with van der Waals surface area (Å²) in [5.41, 5.74) is 3.07. The largest absolute Gasteiger partial charge is 0.325 e. The van der Waals surface area contributed by atoms with Crippen LogP contribution >= 0.6 is 11.8 Å². The number of nitrogens with zero attached hydrogens (tertiary/aromatic N) is 4. The van der Waals surface area contributed by atoms with Crippen LogP contribution in [-0.2, 0) is 20.9 Å². The van der Waals surface area contributed by atoms with Crippen molar-refractivity contribution in [2.75, 3.05) is 4.90 Å². The highest BCUT2D eigenvalue weighted by Crippen LogP contribution is 2.30. The Balaban J connectivity index is 1.65. The van der Waals surface area contributed by atoms with Crippen LogP contribution < -0.4 is 4.90 Å². The fourth-order valence-electron chi connectivity index (χ4n) is 4.20. The number of para-hydroxylation sites is 1.